The van der Waals surface area contributed by atoms with Crippen LogP contribution in [0.4, 0.5) is 0 Å². The molecule has 1 aromatic carbocycles. The van der Waals surface area contributed by atoms with Crippen molar-refractivity contribution < 1.29 is 14.6 Å². The molecule has 0 heterocycles. The van der Waals surface area contributed by atoms with Gasteiger partial charge in [-0.1, -0.05) is 50.8 Å². The number of rotatable bonds is 10. The standard InChI is InChI=1S/C17H24O3/c1-3-5-6-7-8-16(4-2)20-13-14-9-11-15(12-10-14)17(18)19/h4,9-12,16H,2-3,5-8,13H2,1H3,(H,18,19). The number of carbonyl (C=O) groups is 1. The molecular weight excluding hydrogens is 252 g/mol. The van der Waals surface area contributed by atoms with E-state index in [2.05, 4.69) is 13.5 Å². The van der Waals surface area contributed by atoms with E-state index in [-0.39, 0.29) is 6.10 Å². The van der Waals surface area contributed by atoms with E-state index in [0.29, 0.717) is 12.2 Å². The zero-order valence-corrected chi connectivity index (χ0v) is 12.2. The minimum Gasteiger partial charge on any atom is -0.478 e. The molecule has 0 aliphatic rings. The number of hydrogen-bond donors (Lipinski definition) is 1. The number of ether oxygens (including phenoxy) is 1. The molecule has 20 heavy (non-hydrogen) atoms. The molecule has 110 valence electrons. The maximum Gasteiger partial charge on any atom is 0.335 e. The minimum atomic E-state index is -0.905. The van der Waals surface area contributed by atoms with Gasteiger partial charge in [0.2, 0.25) is 0 Å². The van der Waals surface area contributed by atoms with Gasteiger partial charge in [-0.15, -0.1) is 6.58 Å². The van der Waals surface area contributed by atoms with Crippen LogP contribution in [0.1, 0.15) is 54.9 Å². The van der Waals surface area contributed by atoms with Gasteiger partial charge < -0.3 is 9.84 Å². The van der Waals surface area contributed by atoms with Crippen molar-refractivity contribution in [3.63, 3.8) is 0 Å². The second-order valence-corrected chi connectivity index (χ2v) is 4.94. The first kappa shape index (κ1) is 16.4. The van der Waals surface area contributed by atoms with Crippen molar-refractivity contribution in [3.8, 4) is 0 Å². The monoisotopic (exact) mass is 276 g/mol. The summed E-state index contributed by atoms with van der Waals surface area (Å²) in [6.07, 6.45) is 7.80. The van der Waals surface area contributed by atoms with E-state index in [1.807, 2.05) is 6.08 Å². The second-order valence-electron chi connectivity index (χ2n) is 4.94. The Bertz CT molecular complexity index is 409. The molecule has 0 bridgehead atoms. The first-order valence-corrected chi connectivity index (χ1v) is 7.23. The summed E-state index contributed by atoms with van der Waals surface area (Å²) in [4.78, 5) is 10.8. The Balaban J connectivity index is 2.35. The molecule has 1 N–H and O–H groups in total. The van der Waals surface area contributed by atoms with Crippen LogP contribution in [0.25, 0.3) is 0 Å². The lowest BCUT2D eigenvalue weighted by Crippen LogP contribution is -2.09. The summed E-state index contributed by atoms with van der Waals surface area (Å²) in [7, 11) is 0. The molecule has 1 rings (SSSR count). The van der Waals surface area contributed by atoms with Crippen LogP contribution in [0.15, 0.2) is 36.9 Å². The van der Waals surface area contributed by atoms with Gasteiger partial charge >= 0.3 is 5.97 Å². The normalized spacial score (nSPS) is 12.1. The predicted molar refractivity (Wildman–Crippen MR) is 80.9 cm³/mol. The minimum absolute atomic E-state index is 0.0750. The third-order valence-corrected chi connectivity index (χ3v) is 3.27. The smallest absolute Gasteiger partial charge is 0.335 e. The highest BCUT2D eigenvalue weighted by molar-refractivity contribution is 5.87. The summed E-state index contributed by atoms with van der Waals surface area (Å²) in [5.41, 5.74) is 1.28. The Hall–Kier alpha value is -1.61. The van der Waals surface area contributed by atoms with E-state index in [0.717, 1.165) is 18.4 Å². The van der Waals surface area contributed by atoms with Crippen molar-refractivity contribution in [3.05, 3.63) is 48.0 Å². The molecule has 0 saturated carbocycles. The fourth-order valence-corrected chi connectivity index (χ4v) is 1.99. The molecule has 0 spiro atoms. The summed E-state index contributed by atoms with van der Waals surface area (Å²) in [5.74, 6) is -0.905. The van der Waals surface area contributed by atoms with Gasteiger partial charge in [-0.2, -0.15) is 0 Å². The topological polar surface area (TPSA) is 46.5 Å². The van der Waals surface area contributed by atoms with Gasteiger partial charge in [-0.05, 0) is 24.1 Å². The molecule has 1 atom stereocenters. The van der Waals surface area contributed by atoms with Crippen molar-refractivity contribution >= 4 is 5.97 Å². The van der Waals surface area contributed by atoms with Crippen molar-refractivity contribution in [2.24, 2.45) is 0 Å². The first-order chi connectivity index (χ1) is 9.67. The zero-order chi connectivity index (χ0) is 14.8. The highest BCUT2D eigenvalue weighted by Crippen LogP contribution is 2.12. The summed E-state index contributed by atoms with van der Waals surface area (Å²) in [6.45, 7) is 6.49. The van der Waals surface area contributed by atoms with Gasteiger partial charge in [0.25, 0.3) is 0 Å². The number of benzene rings is 1. The molecule has 0 saturated heterocycles. The highest BCUT2D eigenvalue weighted by atomic mass is 16.5. The lowest BCUT2D eigenvalue weighted by atomic mass is 10.1. The SMILES string of the molecule is C=CC(CCCCCC)OCc1ccc(C(=O)O)cc1. The van der Waals surface area contributed by atoms with E-state index in [1.165, 1.54) is 19.3 Å². The van der Waals surface area contributed by atoms with Gasteiger partial charge in [0.05, 0.1) is 18.3 Å². The van der Waals surface area contributed by atoms with Crippen molar-refractivity contribution in [1.82, 2.24) is 0 Å². The average molecular weight is 276 g/mol. The molecule has 0 aromatic heterocycles. The molecule has 0 fully saturated rings. The number of aromatic carboxylic acids is 1. The van der Waals surface area contributed by atoms with Crippen LogP contribution in [0.2, 0.25) is 0 Å². The number of carboxylic acids is 1. The molecule has 0 aliphatic carbocycles. The van der Waals surface area contributed by atoms with E-state index in [1.54, 1.807) is 24.3 Å². The van der Waals surface area contributed by atoms with Crippen LogP contribution >= 0.6 is 0 Å². The molecular formula is C17H24O3. The summed E-state index contributed by atoms with van der Waals surface area (Å²) >= 11 is 0. The van der Waals surface area contributed by atoms with Gasteiger partial charge in [0.15, 0.2) is 0 Å². The Morgan fingerprint density at radius 3 is 2.55 bits per heavy atom. The summed E-state index contributed by atoms with van der Waals surface area (Å²) < 4.78 is 5.79. The van der Waals surface area contributed by atoms with E-state index >= 15 is 0 Å². The van der Waals surface area contributed by atoms with Crippen LogP contribution in [0.5, 0.6) is 0 Å². The Labute approximate surface area is 121 Å². The Morgan fingerprint density at radius 2 is 2.00 bits per heavy atom. The van der Waals surface area contributed by atoms with Crippen molar-refractivity contribution in [2.45, 2.75) is 51.7 Å². The molecule has 1 unspecified atom stereocenters. The Morgan fingerprint density at radius 1 is 1.30 bits per heavy atom. The molecule has 3 nitrogen and oxygen atoms in total. The lowest BCUT2D eigenvalue weighted by molar-refractivity contribution is 0.0647. The average Bonchev–Trinajstić information content (AvgIpc) is 2.47. The zero-order valence-electron chi connectivity index (χ0n) is 12.2. The third-order valence-electron chi connectivity index (χ3n) is 3.27. The highest BCUT2D eigenvalue weighted by Gasteiger charge is 2.06. The quantitative estimate of drug-likeness (QED) is 0.508. The van der Waals surface area contributed by atoms with Gasteiger partial charge in [-0.3, -0.25) is 0 Å². The maximum absolute atomic E-state index is 10.8. The van der Waals surface area contributed by atoms with Gasteiger partial charge in [0, 0.05) is 0 Å². The van der Waals surface area contributed by atoms with Crippen molar-refractivity contribution in [2.75, 3.05) is 0 Å². The van der Waals surface area contributed by atoms with Crippen LogP contribution in [0.3, 0.4) is 0 Å². The van der Waals surface area contributed by atoms with Crippen LogP contribution in [0, 0.1) is 0 Å². The van der Waals surface area contributed by atoms with Crippen LogP contribution in [-0.4, -0.2) is 17.2 Å². The van der Waals surface area contributed by atoms with Gasteiger partial charge in [-0.25, -0.2) is 4.79 Å². The summed E-state index contributed by atoms with van der Waals surface area (Å²) in [5, 5.41) is 8.83. The van der Waals surface area contributed by atoms with Crippen LogP contribution in [-0.2, 0) is 11.3 Å². The predicted octanol–water partition coefficient (Wildman–Crippen LogP) is 4.43. The fraction of sp³-hybridized carbons (Fsp3) is 0.471. The molecule has 0 radical (unpaired) electrons. The van der Waals surface area contributed by atoms with E-state index in [4.69, 9.17) is 9.84 Å². The third kappa shape index (κ3) is 6.02. The maximum atomic E-state index is 10.8. The number of unbranched alkanes of at least 4 members (excludes halogenated alkanes) is 3. The van der Waals surface area contributed by atoms with Crippen LogP contribution < -0.4 is 0 Å². The first-order valence-electron chi connectivity index (χ1n) is 7.23. The lowest BCUT2D eigenvalue weighted by Gasteiger charge is -2.14. The van der Waals surface area contributed by atoms with E-state index in [9.17, 15) is 4.79 Å². The molecule has 0 aliphatic heterocycles. The molecule has 1 aromatic rings. The second kappa shape index (κ2) is 9.32. The fourth-order valence-electron chi connectivity index (χ4n) is 1.99. The van der Waals surface area contributed by atoms with Gasteiger partial charge in [0.1, 0.15) is 0 Å². The summed E-state index contributed by atoms with van der Waals surface area (Å²) in [6, 6.07) is 6.79. The largest absolute Gasteiger partial charge is 0.478 e. The molecule has 0 amide bonds. The number of carboxylic acid groups (broad SMARTS) is 1. The van der Waals surface area contributed by atoms with Crippen molar-refractivity contribution in [1.29, 1.82) is 0 Å². The number of hydrogen-bond acceptors (Lipinski definition) is 2. The molecule has 3 heteroatoms. The van der Waals surface area contributed by atoms with E-state index < -0.39 is 5.97 Å². The Kier molecular flexibility index (Phi) is 7.66.